The molecular weight excluding hydrogens is 282 g/mol. The largest absolute Gasteiger partial charge is 0.454 e. The lowest BCUT2D eigenvalue weighted by atomic mass is 9.91. The van der Waals surface area contributed by atoms with E-state index in [-0.39, 0.29) is 12.4 Å². The number of ether oxygens (including phenoxy) is 1. The van der Waals surface area contributed by atoms with Crippen LogP contribution in [-0.4, -0.2) is 33.1 Å². The van der Waals surface area contributed by atoms with Crippen molar-refractivity contribution in [3.05, 3.63) is 41.9 Å². The van der Waals surface area contributed by atoms with E-state index in [2.05, 4.69) is 10.1 Å². The average molecular weight is 301 g/mol. The number of Topliss-reactive ketones (excluding diaryl/α,β-unsaturated/α-hetero) is 1. The van der Waals surface area contributed by atoms with Crippen molar-refractivity contribution in [1.29, 1.82) is 0 Å². The number of ketones is 1. The summed E-state index contributed by atoms with van der Waals surface area (Å²) < 4.78 is 6.64. The van der Waals surface area contributed by atoms with Crippen LogP contribution in [0.1, 0.15) is 36.8 Å². The summed E-state index contributed by atoms with van der Waals surface area (Å²) in [5.41, 5.74) is 0.410. The fourth-order valence-corrected chi connectivity index (χ4v) is 1.75. The van der Waals surface area contributed by atoms with Gasteiger partial charge in [0.1, 0.15) is 5.56 Å². The first-order chi connectivity index (χ1) is 10.3. The van der Waals surface area contributed by atoms with Crippen LogP contribution in [0.5, 0.6) is 0 Å². The van der Waals surface area contributed by atoms with Crippen molar-refractivity contribution in [3.8, 4) is 5.82 Å². The molecule has 0 fully saturated rings. The lowest BCUT2D eigenvalue weighted by Gasteiger charge is -2.16. The number of esters is 1. The van der Waals surface area contributed by atoms with Crippen LogP contribution in [0.4, 0.5) is 0 Å². The van der Waals surface area contributed by atoms with E-state index in [1.807, 2.05) is 6.07 Å². The first-order valence-corrected chi connectivity index (χ1v) is 6.97. The minimum atomic E-state index is -0.558. The molecule has 0 aromatic carbocycles. The first kappa shape index (κ1) is 15.9. The molecule has 0 spiro atoms. The Morgan fingerprint density at radius 3 is 2.59 bits per heavy atom. The number of pyridine rings is 1. The van der Waals surface area contributed by atoms with Gasteiger partial charge in [0.25, 0.3) is 0 Å². The first-order valence-electron chi connectivity index (χ1n) is 6.97. The zero-order valence-electron chi connectivity index (χ0n) is 13.2. The van der Waals surface area contributed by atoms with Crippen molar-refractivity contribution in [2.24, 2.45) is 5.41 Å². The minimum absolute atomic E-state index is 0.129. The van der Waals surface area contributed by atoms with Crippen LogP contribution in [-0.2, 0) is 9.53 Å². The molecule has 6 nitrogen and oxygen atoms in total. The summed E-state index contributed by atoms with van der Waals surface area (Å²) in [6.45, 7) is 6.87. The van der Waals surface area contributed by atoms with E-state index in [0.717, 1.165) is 0 Å². The Morgan fingerprint density at radius 1 is 1.27 bits per heavy atom. The molecule has 2 aromatic rings. The molecule has 2 rings (SSSR count). The smallest absolute Gasteiger partial charge is 0.342 e. The summed E-state index contributed by atoms with van der Waals surface area (Å²) in [6, 6.07) is 5.43. The molecule has 2 heterocycles. The van der Waals surface area contributed by atoms with Crippen molar-refractivity contribution in [2.75, 3.05) is 6.61 Å². The van der Waals surface area contributed by atoms with Crippen LogP contribution in [0.25, 0.3) is 5.82 Å². The highest BCUT2D eigenvalue weighted by molar-refractivity contribution is 5.93. The van der Waals surface area contributed by atoms with Crippen LogP contribution >= 0.6 is 0 Å². The number of carbonyl (C=O) groups excluding carboxylic acids is 2. The van der Waals surface area contributed by atoms with E-state index in [1.165, 1.54) is 6.20 Å². The van der Waals surface area contributed by atoms with Crippen LogP contribution in [0.2, 0.25) is 0 Å². The van der Waals surface area contributed by atoms with Gasteiger partial charge in [0.2, 0.25) is 0 Å². The lowest BCUT2D eigenvalue weighted by molar-refractivity contribution is -0.129. The topological polar surface area (TPSA) is 74.1 Å². The average Bonchev–Trinajstić information content (AvgIpc) is 2.86. The molecule has 22 heavy (non-hydrogen) atoms. The Bertz CT molecular complexity index is 684. The number of nitrogens with zero attached hydrogens (tertiary/aromatic N) is 3. The van der Waals surface area contributed by atoms with E-state index in [4.69, 9.17) is 4.74 Å². The fourth-order valence-electron chi connectivity index (χ4n) is 1.75. The van der Waals surface area contributed by atoms with E-state index in [0.29, 0.717) is 17.1 Å². The summed E-state index contributed by atoms with van der Waals surface area (Å²) in [5, 5.41) is 4.15. The van der Waals surface area contributed by atoms with E-state index >= 15 is 0 Å². The number of carbonyl (C=O) groups is 2. The van der Waals surface area contributed by atoms with Gasteiger partial charge in [-0.25, -0.2) is 14.5 Å². The van der Waals surface area contributed by atoms with Crippen LogP contribution in [0.3, 0.4) is 0 Å². The highest BCUT2D eigenvalue weighted by Crippen LogP contribution is 2.16. The number of aromatic nitrogens is 3. The molecule has 6 heteroatoms. The molecule has 0 aliphatic heterocycles. The predicted molar refractivity (Wildman–Crippen MR) is 80.8 cm³/mol. The summed E-state index contributed by atoms with van der Waals surface area (Å²) in [5.74, 6) is -0.0716. The Kier molecular flexibility index (Phi) is 4.40. The normalized spacial score (nSPS) is 11.3. The second kappa shape index (κ2) is 6.09. The van der Waals surface area contributed by atoms with Crippen molar-refractivity contribution in [1.82, 2.24) is 14.8 Å². The zero-order chi connectivity index (χ0) is 16.3. The number of rotatable bonds is 4. The summed E-state index contributed by atoms with van der Waals surface area (Å²) in [7, 11) is 0. The zero-order valence-corrected chi connectivity index (χ0v) is 13.2. The molecule has 2 aromatic heterocycles. The summed E-state index contributed by atoms with van der Waals surface area (Å²) in [4.78, 5) is 28.1. The maximum atomic E-state index is 12.1. The molecule has 0 aliphatic carbocycles. The third kappa shape index (κ3) is 3.39. The van der Waals surface area contributed by atoms with Crippen molar-refractivity contribution in [3.63, 3.8) is 0 Å². The van der Waals surface area contributed by atoms with Gasteiger partial charge in [-0.1, -0.05) is 26.8 Å². The summed E-state index contributed by atoms with van der Waals surface area (Å²) >= 11 is 0. The molecule has 0 unspecified atom stereocenters. The monoisotopic (exact) mass is 301 g/mol. The second-order valence-electron chi connectivity index (χ2n) is 5.99. The third-order valence-electron chi connectivity index (χ3n) is 3.27. The Hall–Kier alpha value is -2.50. The molecular formula is C16H19N3O3. The molecule has 0 saturated carbocycles. The molecule has 0 amide bonds. The standard InChI is InChI=1S/C16H19N3O3/c1-11-12(15(21)22-10-13(20)16(2,3)4)9-18-19(11)14-7-5-6-8-17-14/h5-9H,10H2,1-4H3. The number of hydrogen-bond acceptors (Lipinski definition) is 5. The molecule has 116 valence electrons. The molecule has 0 aliphatic rings. The Labute approximate surface area is 129 Å². The van der Waals surface area contributed by atoms with Gasteiger partial charge in [-0.15, -0.1) is 0 Å². The maximum absolute atomic E-state index is 12.1. The van der Waals surface area contributed by atoms with E-state index < -0.39 is 11.4 Å². The Balaban J connectivity index is 2.12. The van der Waals surface area contributed by atoms with Gasteiger partial charge in [-0.3, -0.25) is 4.79 Å². The highest BCUT2D eigenvalue weighted by Gasteiger charge is 2.24. The van der Waals surface area contributed by atoms with Gasteiger partial charge in [0, 0.05) is 11.6 Å². The number of hydrogen-bond donors (Lipinski definition) is 0. The quantitative estimate of drug-likeness (QED) is 0.810. The molecule has 0 radical (unpaired) electrons. The van der Waals surface area contributed by atoms with Gasteiger partial charge in [-0.05, 0) is 19.1 Å². The van der Waals surface area contributed by atoms with Gasteiger partial charge in [-0.2, -0.15) is 5.10 Å². The van der Waals surface area contributed by atoms with Crippen molar-refractivity contribution in [2.45, 2.75) is 27.7 Å². The maximum Gasteiger partial charge on any atom is 0.342 e. The van der Waals surface area contributed by atoms with Crippen molar-refractivity contribution >= 4 is 11.8 Å². The van der Waals surface area contributed by atoms with Crippen molar-refractivity contribution < 1.29 is 14.3 Å². The molecule has 0 bridgehead atoms. The van der Waals surface area contributed by atoms with Gasteiger partial charge >= 0.3 is 5.97 Å². The molecule has 0 N–H and O–H groups in total. The van der Waals surface area contributed by atoms with Gasteiger partial charge < -0.3 is 4.74 Å². The van der Waals surface area contributed by atoms with E-state index in [1.54, 1.807) is 50.7 Å². The van der Waals surface area contributed by atoms with Gasteiger partial charge in [0.15, 0.2) is 18.2 Å². The van der Waals surface area contributed by atoms with E-state index in [9.17, 15) is 9.59 Å². The molecule has 0 atom stereocenters. The summed E-state index contributed by atoms with van der Waals surface area (Å²) in [6.07, 6.45) is 3.07. The minimum Gasteiger partial charge on any atom is -0.454 e. The third-order valence-corrected chi connectivity index (χ3v) is 3.27. The van der Waals surface area contributed by atoms with Gasteiger partial charge in [0.05, 0.1) is 11.9 Å². The van der Waals surface area contributed by atoms with Crippen LogP contribution in [0.15, 0.2) is 30.6 Å². The fraction of sp³-hybridized carbons (Fsp3) is 0.375. The Morgan fingerprint density at radius 2 is 2.00 bits per heavy atom. The SMILES string of the molecule is Cc1c(C(=O)OCC(=O)C(C)(C)C)cnn1-c1ccccn1. The van der Waals surface area contributed by atoms with Crippen LogP contribution in [0, 0.1) is 12.3 Å². The second-order valence-corrected chi connectivity index (χ2v) is 5.99. The lowest BCUT2D eigenvalue weighted by Crippen LogP contribution is -2.26. The van der Waals surface area contributed by atoms with Crippen LogP contribution < -0.4 is 0 Å². The predicted octanol–water partition coefficient (Wildman–Crippen LogP) is 2.35. The molecule has 0 saturated heterocycles. The highest BCUT2D eigenvalue weighted by atomic mass is 16.5.